The third kappa shape index (κ3) is 5.81. The Bertz CT molecular complexity index is 1270. The number of fused-ring (bicyclic) bond motifs is 1. The number of amides is 3. The second kappa shape index (κ2) is 12.5. The Morgan fingerprint density at radius 3 is 2.42 bits per heavy atom. The van der Waals surface area contributed by atoms with Crippen LogP contribution in [0.2, 0.25) is 0 Å². The first kappa shape index (κ1) is 29.1. The lowest BCUT2D eigenvalue weighted by molar-refractivity contribution is -0.136. The highest BCUT2D eigenvalue weighted by molar-refractivity contribution is 6.05. The van der Waals surface area contributed by atoms with Gasteiger partial charge in [0.2, 0.25) is 11.8 Å². The van der Waals surface area contributed by atoms with Gasteiger partial charge in [-0.3, -0.25) is 24.6 Å². The minimum absolute atomic E-state index is 0.0249. The molecule has 2 fully saturated rings. The predicted octanol–water partition coefficient (Wildman–Crippen LogP) is 0.950. The molecule has 2 aromatic carbocycles. The molecule has 5 N–H and O–H groups in total. The minimum Gasteiger partial charge on any atom is -0.504 e. The molecular weight excluding hydrogens is 527 g/mol. The molecule has 0 radical (unpaired) electrons. The summed E-state index contributed by atoms with van der Waals surface area (Å²) in [5.74, 6) is -4.39. The quantitative estimate of drug-likeness (QED) is 0.195. The molecule has 5 rings (SSSR count). The molecule has 0 aromatic heterocycles. The maximum atomic E-state index is 15.1. The number of carbonyl (C=O) groups is 3. The van der Waals surface area contributed by atoms with Gasteiger partial charge in [0, 0.05) is 37.2 Å². The van der Waals surface area contributed by atoms with E-state index < -0.39 is 59.0 Å². The minimum atomic E-state index is -1.12. The van der Waals surface area contributed by atoms with Gasteiger partial charge in [-0.05, 0) is 32.6 Å². The summed E-state index contributed by atoms with van der Waals surface area (Å²) in [6, 6.07) is 3.89. The highest BCUT2D eigenvalue weighted by atomic mass is 19.1. The van der Waals surface area contributed by atoms with Crippen LogP contribution in [0.25, 0.3) is 0 Å². The summed E-state index contributed by atoms with van der Waals surface area (Å²) in [4.78, 5) is 40.0. The van der Waals surface area contributed by atoms with Crippen molar-refractivity contribution in [3.8, 4) is 23.0 Å². The predicted molar refractivity (Wildman–Crippen MR) is 139 cm³/mol. The normalized spacial score (nSPS) is 19.1. The maximum absolute atomic E-state index is 15.1. The number of phenolic OH excluding ortho intramolecular Hbond substituents is 3. The van der Waals surface area contributed by atoms with Crippen molar-refractivity contribution in [3.63, 3.8) is 0 Å². The van der Waals surface area contributed by atoms with Crippen LogP contribution < -0.4 is 15.4 Å². The maximum Gasteiger partial charge on any atom is 0.255 e. The molecule has 0 saturated carbocycles. The van der Waals surface area contributed by atoms with Gasteiger partial charge in [0.05, 0.1) is 30.9 Å². The van der Waals surface area contributed by atoms with Gasteiger partial charge in [-0.25, -0.2) is 4.39 Å². The Morgan fingerprint density at radius 2 is 1.75 bits per heavy atom. The Balaban J connectivity index is 0.00000118. The molecule has 1 atom stereocenters. The van der Waals surface area contributed by atoms with Crippen LogP contribution in [-0.4, -0.2) is 89.3 Å². The number of benzene rings is 2. The zero-order valence-corrected chi connectivity index (χ0v) is 22.3. The van der Waals surface area contributed by atoms with Crippen molar-refractivity contribution >= 4 is 17.7 Å². The summed E-state index contributed by atoms with van der Waals surface area (Å²) in [5.41, 5.74) is 0.198. The second-order valence-electron chi connectivity index (χ2n) is 9.68. The first-order valence-corrected chi connectivity index (χ1v) is 12.9. The van der Waals surface area contributed by atoms with Crippen molar-refractivity contribution in [2.24, 2.45) is 0 Å². The Kier molecular flexibility index (Phi) is 9.07. The second-order valence-corrected chi connectivity index (χ2v) is 9.68. The molecule has 0 aliphatic carbocycles. The Labute approximate surface area is 230 Å². The van der Waals surface area contributed by atoms with Gasteiger partial charge < -0.3 is 35.0 Å². The Morgan fingerprint density at radius 1 is 1.07 bits per heavy atom. The molecule has 40 heavy (non-hydrogen) atoms. The molecular formula is C27H33FN4O8. The van der Waals surface area contributed by atoms with Crippen molar-refractivity contribution in [1.82, 2.24) is 20.4 Å². The van der Waals surface area contributed by atoms with Gasteiger partial charge in [0.25, 0.3) is 5.91 Å². The number of ether oxygens (including phenoxy) is 2. The number of piperidine rings is 1. The third-order valence-electron chi connectivity index (χ3n) is 6.95. The lowest BCUT2D eigenvalue weighted by Gasteiger charge is -2.29. The number of rotatable bonds is 6. The molecule has 0 bridgehead atoms. The van der Waals surface area contributed by atoms with Crippen LogP contribution in [0.1, 0.15) is 39.9 Å². The monoisotopic (exact) mass is 560 g/mol. The highest BCUT2D eigenvalue weighted by Gasteiger charge is 2.40. The van der Waals surface area contributed by atoms with Crippen molar-refractivity contribution < 1.29 is 43.6 Å². The standard InChI is InChI=1S/C25H26FN3O8.C2H7N/c26-20-16(23(33)22(32)15(21(20)31)10-28-6-8-36-9-7-28)12-37-18-3-1-2-13-14(18)11-29(25(13)35)17-4-5-19(30)27-24(17)34;1-3-2/h1-3,17,31-33H,4-12H2,(H,27,30,34);3H,1-2H3. The first-order chi connectivity index (χ1) is 19.2. The molecule has 3 amide bonds. The molecule has 12 nitrogen and oxygen atoms in total. The van der Waals surface area contributed by atoms with E-state index in [1.807, 2.05) is 19.0 Å². The number of nitrogens with zero attached hydrogens (tertiary/aromatic N) is 2. The topological polar surface area (TPSA) is 161 Å². The van der Waals surface area contributed by atoms with Crippen molar-refractivity contribution in [3.05, 3.63) is 46.3 Å². The number of phenols is 3. The summed E-state index contributed by atoms with van der Waals surface area (Å²) < 4.78 is 26.1. The van der Waals surface area contributed by atoms with Crippen molar-refractivity contribution in [2.75, 3.05) is 40.4 Å². The van der Waals surface area contributed by atoms with E-state index in [9.17, 15) is 29.7 Å². The van der Waals surface area contributed by atoms with E-state index in [-0.39, 0.29) is 37.2 Å². The molecule has 0 spiro atoms. The van der Waals surface area contributed by atoms with Crippen molar-refractivity contribution in [2.45, 2.75) is 38.6 Å². The summed E-state index contributed by atoms with van der Waals surface area (Å²) in [5, 5.41) is 36.5. The molecule has 216 valence electrons. The van der Waals surface area contributed by atoms with Crippen LogP contribution in [-0.2, 0) is 34.0 Å². The number of hydrogen-bond acceptors (Lipinski definition) is 10. The Hall–Kier alpha value is -3.94. The van der Waals surface area contributed by atoms with Gasteiger partial charge in [0.1, 0.15) is 18.4 Å². The van der Waals surface area contributed by atoms with E-state index in [1.165, 1.54) is 4.90 Å². The van der Waals surface area contributed by atoms with E-state index in [2.05, 4.69) is 10.6 Å². The van der Waals surface area contributed by atoms with Crippen molar-refractivity contribution in [1.29, 1.82) is 0 Å². The van der Waals surface area contributed by atoms with Gasteiger partial charge in [-0.15, -0.1) is 0 Å². The SMILES string of the molecule is CNC.O=C1CCC(N2Cc3c(OCc4c(O)c(O)c(CN5CCOCC5)c(O)c4F)cccc3C2=O)C(=O)N1. The number of imide groups is 1. The van der Waals surface area contributed by atoms with E-state index in [1.54, 1.807) is 18.2 Å². The zero-order valence-electron chi connectivity index (χ0n) is 22.3. The summed E-state index contributed by atoms with van der Waals surface area (Å²) >= 11 is 0. The average Bonchev–Trinajstić information content (AvgIpc) is 3.27. The molecule has 2 saturated heterocycles. The molecule has 3 aliphatic rings. The van der Waals surface area contributed by atoms with Crippen LogP contribution in [0.5, 0.6) is 23.0 Å². The molecule has 1 unspecified atom stereocenters. The molecule has 3 heterocycles. The lowest BCUT2D eigenvalue weighted by Crippen LogP contribution is -2.52. The highest BCUT2D eigenvalue weighted by Crippen LogP contribution is 2.43. The summed E-state index contributed by atoms with van der Waals surface area (Å²) in [6.07, 6.45) is 0.321. The molecule has 13 heteroatoms. The summed E-state index contributed by atoms with van der Waals surface area (Å²) in [7, 11) is 3.75. The number of morpholine rings is 1. The number of aromatic hydroxyl groups is 3. The third-order valence-corrected chi connectivity index (χ3v) is 6.95. The fourth-order valence-electron chi connectivity index (χ4n) is 4.88. The van der Waals surface area contributed by atoms with Crippen LogP contribution in [0, 0.1) is 5.82 Å². The van der Waals surface area contributed by atoms with Gasteiger partial charge in [-0.2, -0.15) is 0 Å². The fraction of sp³-hybridized carbons (Fsp3) is 0.444. The van der Waals surface area contributed by atoms with Gasteiger partial charge >= 0.3 is 0 Å². The number of nitrogens with one attached hydrogen (secondary N) is 2. The van der Waals surface area contributed by atoms with E-state index >= 15 is 4.39 Å². The zero-order chi connectivity index (χ0) is 29.0. The largest absolute Gasteiger partial charge is 0.504 e. The first-order valence-electron chi connectivity index (χ1n) is 12.9. The van der Waals surface area contributed by atoms with Crippen LogP contribution in [0.3, 0.4) is 0 Å². The van der Waals surface area contributed by atoms with E-state index in [0.717, 1.165) is 0 Å². The smallest absolute Gasteiger partial charge is 0.255 e. The van der Waals surface area contributed by atoms with Gasteiger partial charge in [-0.1, -0.05) is 6.07 Å². The fourth-order valence-corrected chi connectivity index (χ4v) is 4.88. The number of halogens is 1. The molecule has 3 aliphatic heterocycles. The number of carbonyl (C=O) groups excluding carboxylic acids is 3. The van der Waals surface area contributed by atoms with E-state index in [0.29, 0.717) is 37.4 Å². The van der Waals surface area contributed by atoms with Crippen LogP contribution >= 0.6 is 0 Å². The molecule has 2 aromatic rings. The number of hydrogen-bond donors (Lipinski definition) is 5. The van der Waals surface area contributed by atoms with E-state index in [4.69, 9.17) is 9.47 Å². The average molecular weight is 561 g/mol. The van der Waals surface area contributed by atoms with Crippen LogP contribution in [0.15, 0.2) is 18.2 Å². The van der Waals surface area contributed by atoms with Gasteiger partial charge in [0.15, 0.2) is 23.1 Å². The van der Waals surface area contributed by atoms with Crippen LogP contribution in [0.4, 0.5) is 4.39 Å². The summed E-state index contributed by atoms with van der Waals surface area (Å²) in [6.45, 7) is 1.51. The lowest BCUT2D eigenvalue weighted by atomic mass is 10.0.